The summed E-state index contributed by atoms with van der Waals surface area (Å²) in [6.07, 6.45) is 0.0304. The second kappa shape index (κ2) is 9.22. The van der Waals surface area contributed by atoms with E-state index in [4.69, 9.17) is 0 Å². The Morgan fingerprint density at radius 2 is 1.95 bits per heavy atom. The fourth-order valence-electron chi connectivity index (χ4n) is 1.49. The van der Waals surface area contributed by atoms with E-state index < -0.39 is 12.0 Å². The van der Waals surface area contributed by atoms with E-state index in [0.29, 0.717) is 5.56 Å². The van der Waals surface area contributed by atoms with Gasteiger partial charge in [-0.2, -0.15) is 0 Å². The van der Waals surface area contributed by atoms with Crippen molar-refractivity contribution in [2.75, 3.05) is 0 Å². The van der Waals surface area contributed by atoms with Gasteiger partial charge >= 0.3 is 36.7 Å². The Balaban J connectivity index is 0. The Morgan fingerprint density at radius 3 is 2.35 bits per heavy atom. The summed E-state index contributed by atoms with van der Waals surface area (Å²) in [6.45, 7) is 3.48. The standard InChI is InChI=1S/C11H14BNO5.Na.H2O/c1-7(2)11(14)5-8-3-4-9(13(17)18)6-10(8)12(15)16;;/h3-4,6-7,15-16H,5H2,1-2H3;;1H2/q;+1;/p-1. The van der Waals surface area contributed by atoms with Crippen LogP contribution in [0, 0.1) is 16.0 Å². The molecule has 0 aliphatic rings. The first-order chi connectivity index (χ1) is 8.32. The number of Topliss-reactive ketones (excluding diaryl/α,β-unsaturated/α-hetero) is 1. The van der Waals surface area contributed by atoms with Crippen LogP contribution in [0.2, 0.25) is 0 Å². The van der Waals surface area contributed by atoms with Crippen molar-refractivity contribution in [1.82, 2.24) is 0 Å². The van der Waals surface area contributed by atoms with Crippen LogP contribution in [0.5, 0.6) is 0 Å². The number of nitro groups is 1. The van der Waals surface area contributed by atoms with Gasteiger partial charge in [0.25, 0.3) is 5.69 Å². The van der Waals surface area contributed by atoms with Crippen LogP contribution in [0.15, 0.2) is 18.2 Å². The number of nitrogens with zero attached hydrogens (tertiary/aromatic N) is 1. The van der Waals surface area contributed by atoms with E-state index >= 15 is 0 Å². The maximum atomic E-state index is 11.6. The Labute approximate surface area is 138 Å². The van der Waals surface area contributed by atoms with Gasteiger partial charge in [0.1, 0.15) is 5.78 Å². The molecular formula is C11H15BNNaO6. The topological polar surface area (TPSA) is 131 Å². The van der Waals surface area contributed by atoms with E-state index in [2.05, 4.69) is 0 Å². The second-order valence-electron chi connectivity index (χ2n) is 4.31. The third-order valence-electron chi connectivity index (χ3n) is 2.63. The molecule has 20 heavy (non-hydrogen) atoms. The maximum absolute atomic E-state index is 11.6. The van der Waals surface area contributed by atoms with Crippen molar-refractivity contribution >= 4 is 24.1 Å². The summed E-state index contributed by atoms with van der Waals surface area (Å²) in [7, 11) is -1.83. The SMILES string of the molecule is CC(C)C(=O)Cc1ccc([N+](=O)[O-])cc1B(O)O.[Na+].[OH-]. The van der Waals surface area contributed by atoms with Crippen molar-refractivity contribution in [2.24, 2.45) is 5.92 Å². The molecule has 0 aromatic heterocycles. The van der Waals surface area contributed by atoms with Crippen LogP contribution < -0.4 is 35.0 Å². The molecule has 0 radical (unpaired) electrons. The third kappa shape index (κ3) is 5.70. The van der Waals surface area contributed by atoms with Gasteiger partial charge in [0, 0.05) is 24.5 Å². The van der Waals surface area contributed by atoms with Crippen molar-refractivity contribution in [3.63, 3.8) is 0 Å². The van der Waals surface area contributed by atoms with Gasteiger partial charge in [-0.25, -0.2) is 0 Å². The molecule has 104 valence electrons. The second-order valence-corrected chi connectivity index (χ2v) is 4.31. The predicted octanol–water partition coefficient (Wildman–Crippen LogP) is -3.13. The Kier molecular flexibility index (Phi) is 9.93. The van der Waals surface area contributed by atoms with E-state index in [1.165, 1.54) is 12.1 Å². The summed E-state index contributed by atoms with van der Waals surface area (Å²) in [6, 6.07) is 3.70. The third-order valence-corrected chi connectivity index (χ3v) is 2.63. The quantitative estimate of drug-likeness (QED) is 0.335. The predicted molar refractivity (Wildman–Crippen MR) is 68.4 cm³/mol. The van der Waals surface area contributed by atoms with Crippen LogP contribution in [0.1, 0.15) is 19.4 Å². The summed E-state index contributed by atoms with van der Waals surface area (Å²) >= 11 is 0. The van der Waals surface area contributed by atoms with Crippen LogP contribution in [-0.2, 0) is 11.2 Å². The molecule has 0 bridgehead atoms. The van der Waals surface area contributed by atoms with E-state index in [1.807, 2.05) is 0 Å². The van der Waals surface area contributed by atoms with Crippen molar-refractivity contribution in [3.05, 3.63) is 33.9 Å². The summed E-state index contributed by atoms with van der Waals surface area (Å²) < 4.78 is 0. The zero-order valence-corrected chi connectivity index (χ0v) is 13.6. The molecule has 0 atom stereocenters. The Hall–Kier alpha value is -0.765. The molecule has 0 amide bonds. The number of carbonyl (C=O) groups excluding carboxylic acids is 1. The summed E-state index contributed by atoms with van der Waals surface area (Å²) in [5, 5.41) is 29.0. The average Bonchev–Trinajstić information content (AvgIpc) is 2.28. The van der Waals surface area contributed by atoms with Gasteiger partial charge in [0.2, 0.25) is 0 Å². The van der Waals surface area contributed by atoms with Crippen molar-refractivity contribution in [1.29, 1.82) is 0 Å². The number of ketones is 1. The largest absolute Gasteiger partial charge is 1.00 e. The fourth-order valence-corrected chi connectivity index (χ4v) is 1.49. The first-order valence-corrected chi connectivity index (χ1v) is 5.49. The molecule has 1 rings (SSSR count). The number of hydrogen-bond acceptors (Lipinski definition) is 6. The Bertz CT molecular complexity index is 480. The van der Waals surface area contributed by atoms with Crippen molar-refractivity contribution in [2.45, 2.75) is 20.3 Å². The van der Waals surface area contributed by atoms with Crippen LogP contribution in [-0.4, -0.2) is 33.3 Å². The van der Waals surface area contributed by atoms with Gasteiger partial charge in [0.15, 0.2) is 0 Å². The minimum atomic E-state index is -1.83. The zero-order chi connectivity index (χ0) is 13.9. The smallest absolute Gasteiger partial charge is 0.870 e. The van der Waals surface area contributed by atoms with Gasteiger partial charge in [-0.3, -0.25) is 14.9 Å². The maximum Gasteiger partial charge on any atom is 1.00 e. The molecular weight excluding hydrogens is 276 g/mol. The molecule has 0 spiro atoms. The molecule has 0 aliphatic carbocycles. The summed E-state index contributed by atoms with van der Waals surface area (Å²) in [4.78, 5) is 21.6. The molecule has 0 fully saturated rings. The van der Waals surface area contributed by atoms with Crippen LogP contribution in [0.3, 0.4) is 0 Å². The summed E-state index contributed by atoms with van der Waals surface area (Å²) in [5.74, 6) is -0.241. The van der Waals surface area contributed by atoms with Crippen LogP contribution in [0.4, 0.5) is 5.69 Å². The van der Waals surface area contributed by atoms with E-state index in [-0.39, 0.29) is 64.3 Å². The van der Waals surface area contributed by atoms with E-state index in [1.54, 1.807) is 13.8 Å². The Morgan fingerprint density at radius 1 is 1.40 bits per heavy atom. The molecule has 1 aromatic carbocycles. The van der Waals surface area contributed by atoms with Gasteiger partial charge in [0.05, 0.1) is 4.92 Å². The number of hydrogen-bond donors (Lipinski definition) is 2. The minimum absolute atomic E-state index is 0. The van der Waals surface area contributed by atoms with Crippen LogP contribution >= 0.6 is 0 Å². The molecule has 3 N–H and O–H groups in total. The zero-order valence-electron chi connectivity index (χ0n) is 11.6. The molecule has 7 nitrogen and oxygen atoms in total. The van der Waals surface area contributed by atoms with Crippen LogP contribution in [0.25, 0.3) is 0 Å². The molecule has 0 saturated heterocycles. The minimum Gasteiger partial charge on any atom is -0.870 e. The van der Waals surface area contributed by atoms with Gasteiger partial charge < -0.3 is 15.5 Å². The number of carbonyl (C=O) groups is 1. The monoisotopic (exact) mass is 291 g/mol. The molecule has 0 unspecified atom stereocenters. The molecule has 1 aromatic rings. The number of non-ortho nitro benzene ring substituents is 1. The van der Waals surface area contributed by atoms with Gasteiger partial charge in [-0.05, 0) is 11.0 Å². The molecule has 9 heteroatoms. The number of benzene rings is 1. The van der Waals surface area contributed by atoms with Crippen molar-refractivity contribution in [3.8, 4) is 0 Å². The molecule has 0 heterocycles. The number of nitro benzene ring substituents is 1. The van der Waals surface area contributed by atoms with Gasteiger partial charge in [-0.15, -0.1) is 0 Å². The normalized spacial score (nSPS) is 9.45. The number of rotatable bonds is 5. The average molecular weight is 291 g/mol. The fraction of sp³-hybridized carbons (Fsp3) is 0.364. The first-order valence-electron chi connectivity index (χ1n) is 5.49. The molecule has 0 saturated carbocycles. The van der Waals surface area contributed by atoms with E-state index in [0.717, 1.165) is 6.07 Å². The first kappa shape index (κ1) is 21.5. The molecule has 0 aliphatic heterocycles. The summed E-state index contributed by atoms with van der Waals surface area (Å²) in [5.41, 5.74) is 0.159. The van der Waals surface area contributed by atoms with Gasteiger partial charge in [-0.1, -0.05) is 19.9 Å². The van der Waals surface area contributed by atoms with E-state index in [9.17, 15) is 25.0 Å². The van der Waals surface area contributed by atoms with Crippen molar-refractivity contribution < 1.29 is 54.8 Å².